The second kappa shape index (κ2) is 4.02. The van der Waals surface area contributed by atoms with Crippen LogP contribution in [0.1, 0.15) is 19.8 Å². The Morgan fingerprint density at radius 3 is 2.77 bits per heavy atom. The molecule has 1 fully saturated rings. The van der Waals surface area contributed by atoms with Crippen LogP contribution in [0.5, 0.6) is 0 Å². The maximum absolute atomic E-state index is 11.1. The van der Waals surface area contributed by atoms with Gasteiger partial charge < -0.3 is 4.74 Å². The second-order valence-corrected chi connectivity index (χ2v) is 2.72. The first-order chi connectivity index (χ1) is 6.15. The Morgan fingerprint density at radius 1 is 1.46 bits per heavy atom. The summed E-state index contributed by atoms with van der Waals surface area (Å²) in [7, 11) is 0. The van der Waals surface area contributed by atoms with E-state index in [2.05, 4.69) is 4.74 Å². The number of hydrogen-bond acceptors (Lipinski definition) is 4. The van der Waals surface area contributed by atoms with Gasteiger partial charge >= 0.3 is 6.09 Å². The number of piperidine rings is 1. The highest BCUT2D eigenvalue weighted by atomic mass is 16.6. The minimum absolute atomic E-state index is 0.104. The van der Waals surface area contributed by atoms with Gasteiger partial charge in [0.25, 0.3) is 0 Å². The number of amides is 2. The number of nitrogens with zero attached hydrogens (tertiary/aromatic N) is 1. The van der Waals surface area contributed by atoms with Crippen LogP contribution in [0.15, 0.2) is 0 Å². The summed E-state index contributed by atoms with van der Waals surface area (Å²) in [6.45, 7) is 1.71. The summed E-state index contributed by atoms with van der Waals surface area (Å²) in [5.74, 6) is -0.439. The lowest BCUT2D eigenvalue weighted by atomic mass is 10.1. The Bertz CT molecular complexity index is 249. The van der Waals surface area contributed by atoms with E-state index >= 15 is 0 Å². The fourth-order valence-corrected chi connectivity index (χ4v) is 1.09. The summed E-state index contributed by atoms with van der Waals surface area (Å²) in [6.07, 6.45) is -0.382. The van der Waals surface area contributed by atoms with Crippen molar-refractivity contribution in [3.8, 4) is 0 Å². The summed E-state index contributed by atoms with van der Waals surface area (Å²) in [5, 5.41) is 0. The lowest BCUT2D eigenvalue weighted by Gasteiger charge is -2.22. The molecule has 0 atom stereocenters. The number of carbonyl (C=O) groups excluding carboxylic acids is 3. The second-order valence-electron chi connectivity index (χ2n) is 2.72. The smallest absolute Gasteiger partial charge is 0.416 e. The number of ketones is 1. The van der Waals surface area contributed by atoms with Crippen molar-refractivity contribution in [2.45, 2.75) is 19.8 Å². The summed E-state index contributed by atoms with van der Waals surface area (Å²) in [4.78, 5) is 34.0. The summed E-state index contributed by atoms with van der Waals surface area (Å²) < 4.78 is 4.61. The number of rotatable bonds is 1. The third kappa shape index (κ3) is 2.27. The van der Waals surface area contributed by atoms with E-state index in [9.17, 15) is 14.4 Å². The molecule has 1 saturated heterocycles. The quantitative estimate of drug-likeness (QED) is 0.590. The zero-order valence-electron chi connectivity index (χ0n) is 7.41. The highest BCUT2D eigenvalue weighted by Crippen LogP contribution is 2.08. The van der Waals surface area contributed by atoms with Crippen molar-refractivity contribution < 1.29 is 19.1 Å². The van der Waals surface area contributed by atoms with Crippen molar-refractivity contribution in [2.24, 2.45) is 0 Å². The minimum atomic E-state index is -0.722. The van der Waals surface area contributed by atoms with Crippen molar-refractivity contribution in [3.63, 3.8) is 0 Å². The summed E-state index contributed by atoms with van der Waals surface area (Å²) >= 11 is 0. The van der Waals surface area contributed by atoms with Gasteiger partial charge in [-0.15, -0.1) is 0 Å². The van der Waals surface area contributed by atoms with Crippen molar-refractivity contribution in [1.82, 2.24) is 4.90 Å². The third-order valence-electron chi connectivity index (χ3n) is 1.74. The van der Waals surface area contributed by atoms with Crippen molar-refractivity contribution >= 4 is 17.8 Å². The van der Waals surface area contributed by atoms with E-state index in [0.717, 1.165) is 4.90 Å². The van der Waals surface area contributed by atoms with Crippen molar-refractivity contribution in [3.05, 3.63) is 0 Å². The van der Waals surface area contributed by atoms with Gasteiger partial charge in [-0.3, -0.25) is 9.59 Å². The molecule has 0 radical (unpaired) electrons. The van der Waals surface area contributed by atoms with Crippen molar-refractivity contribution in [2.75, 3.05) is 13.2 Å². The van der Waals surface area contributed by atoms with E-state index in [1.165, 1.54) is 0 Å². The van der Waals surface area contributed by atoms with Crippen LogP contribution in [0.3, 0.4) is 0 Å². The van der Waals surface area contributed by atoms with Crippen LogP contribution in [0.4, 0.5) is 4.79 Å². The molecule has 2 amide bonds. The first kappa shape index (κ1) is 9.70. The minimum Gasteiger partial charge on any atom is -0.449 e. The molecule has 0 aromatic heterocycles. The predicted octanol–water partition coefficient (Wildman–Crippen LogP) is 0.334. The molecule has 13 heavy (non-hydrogen) atoms. The molecule has 0 aromatic rings. The Hall–Kier alpha value is -1.39. The van der Waals surface area contributed by atoms with Gasteiger partial charge in [-0.1, -0.05) is 0 Å². The first-order valence-corrected chi connectivity index (χ1v) is 4.14. The first-order valence-electron chi connectivity index (χ1n) is 4.14. The van der Waals surface area contributed by atoms with Crippen LogP contribution in [0, 0.1) is 0 Å². The lowest BCUT2D eigenvalue weighted by Crippen LogP contribution is -2.44. The number of ether oxygens (including phenoxy) is 1. The normalized spacial score (nSPS) is 17.5. The number of carbonyl (C=O) groups is 3. The van der Waals surface area contributed by atoms with Crippen LogP contribution < -0.4 is 0 Å². The van der Waals surface area contributed by atoms with Crippen molar-refractivity contribution in [1.29, 1.82) is 0 Å². The molecule has 0 spiro atoms. The molecule has 72 valence electrons. The van der Waals surface area contributed by atoms with Crippen LogP contribution in [0.2, 0.25) is 0 Å². The van der Waals surface area contributed by atoms with E-state index in [4.69, 9.17) is 0 Å². The molecule has 0 aromatic carbocycles. The van der Waals surface area contributed by atoms with Crippen LogP contribution in [-0.2, 0) is 14.3 Å². The van der Waals surface area contributed by atoms with Crippen LogP contribution in [-0.4, -0.2) is 35.8 Å². The average Bonchev–Trinajstić information content (AvgIpc) is 2.09. The van der Waals surface area contributed by atoms with Gasteiger partial charge in [0, 0.05) is 12.8 Å². The largest absolute Gasteiger partial charge is 0.449 e. The van der Waals surface area contributed by atoms with E-state index in [1.54, 1.807) is 6.92 Å². The van der Waals surface area contributed by atoms with Gasteiger partial charge in [0.15, 0.2) is 5.78 Å². The van der Waals surface area contributed by atoms with E-state index < -0.39 is 6.09 Å². The number of hydrogen-bond donors (Lipinski definition) is 0. The Balaban J connectivity index is 2.60. The maximum atomic E-state index is 11.1. The van der Waals surface area contributed by atoms with Crippen LogP contribution in [0.25, 0.3) is 0 Å². The average molecular weight is 185 g/mol. The van der Waals surface area contributed by atoms with Gasteiger partial charge in [-0.05, 0) is 6.92 Å². The predicted molar refractivity (Wildman–Crippen MR) is 43.0 cm³/mol. The number of likely N-dealkylation sites (tertiary alicyclic amines) is 1. The molecule has 0 N–H and O–H groups in total. The zero-order chi connectivity index (χ0) is 9.84. The van der Waals surface area contributed by atoms with E-state index in [1.807, 2.05) is 0 Å². The van der Waals surface area contributed by atoms with Gasteiger partial charge in [0.05, 0.1) is 13.2 Å². The highest BCUT2D eigenvalue weighted by molar-refractivity contribution is 6.01. The van der Waals surface area contributed by atoms with Gasteiger partial charge in [0.1, 0.15) is 0 Å². The number of imide groups is 1. The molecule has 5 nitrogen and oxygen atoms in total. The monoisotopic (exact) mass is 185 g/mol. The molecule has 0 bridgehead atoms. The third-order valence-corrected chi connectivity index (χ3v) is 1.74. The van der Waals surface area contributed by atoms with Gasteiger partial charge in [-0.25, -0.2) is 9.69 Å². The fraction of sp³-hybridized carbons (Fsp3) is 0.625. The molecular formula is C8H11NO4. The Labute approximate surface area is 75.6 Å². The molecule has 1 rings (SSSR count). The highest BCUT2D eigenvalue weighted by Gasteiger charge is 2.29. The van der Waals surface area contributed by atoms with Gasteiger partial charge in [0.2, 0.25) is 5.91 Å². The Morgan fingerprint density at radius 2 is 2.15 bits per heavy atom. The summed E-state index contributed by atoms with van der Waals surface area (Å²) in [6, 6.07) is 0. The number of Topliss-reactive ketones (excluding diaryl/α,β-unsaturated/α-hetero) is 1. The molecule has 1 aliphatic heterocycles. The lowest BCUT2D eigenvalue weighted by molar-refractivity contribution is -0.138. The molecule has 1 aliphatic rings. The maximum Gasteiger partial charge on any atom is 0.416 e. The molecule has 1 heterocycles. The molecule has 0 saturated carbocycles. The van der Waals surface area contributed by atoms with Gasteiger partial charge in [-0.2, -0.15) is 0 Å². The van der Waals surface area contributed by atoms with E-state index in [0.29, 0.717) is 0 Å². The standard InChI is InChI=1S/C8H11NO4/c1-2-13-8(12)9-5-6(10)3-4-7(9)11/h2-5H2,1H3. The molecule has 0 aliphatic carbocycles. The SMILES string of the molecule is CCOC(=O)N1CC(=O)CCC1=O. The molecular weight excluding hydrogens is 174 g/mol. The van der Waals surface area contributed by atoms with E-state index in [-0.39, 0.29) is 37.7 Å². The fourth-order valence-electron chi connectivity index (χ4n) is 1.09. The topological polar surface area (TPSA) is 63.7 Å². The molecule has 5 heteroatoms. The summed E-state index contributed by atoms with van der Waals surface area (Å²) in [5.41, 5.74) is 0. The zero-order valence-corrected chi connectivity index (χ0v) is 7.41. The molecule has 0 unspecified atom stereocenters. The Kier molecular flexibility index (Phi) is 3.00. The van der Waals surface area contributed by atoms with Crippen LogP contribution >= 0.6 is 0 Å².